The SMILES string of the molecule is CC(C)CCCC(C)(C)CCC(=O)CC1CCCCC1. The van der Waals surface area contributed by atoms with E-state index in [9.17, 15) is 4.79 Å². The van der Waals surface area contributed by atoms with Gasteiger partial charge < -0.3 is 0 Å². The molecule has 1 saturated carbocycles. The summed E-state index contributed by atoms with van der Waals surface area (Å²) in [6, 6.07) is 0. The van der Waals surface area contributed by atoms with Gasteiger partial charge in [0.05, 0.1) is 0 Å². The predicted molar refractivity (Wildman–Crippen MR) is 87.9 cm³/mol. The Morgan fingerprint density at radius 3 is 2.35 bits per heavy atom. The van der Waals surface area contributed by atoms with Crippen LogP contribution >= 0.6 is 0 Å². The van der Waals surface area contributed by atoms with E-state index in [2.05, 4.69) is 27.7 Å². The van der Waals surface area contributed by atoms with Crippen LogP contribution in [0.15, 0.2) is 0 Å². The minimum atomic E-state index is 0.344. The van der Waals surface area contributed by atoms with E-state index in [4.69, 9.17) is 0 Å². The fraction of sp³-hybridized carbons (Fsp3) is 0.947. The Morgan fingerprint density at radius 1 is 1.10 bits per heavy atom. The van der Waals surface area contributed by atoms with Crippen LogP contribution in [0.5, 0.6) is 0 Å². The minimum absolute atomic E-state index is 0.344. The van der Waals surface area contributed by atoms with E-state index < -0.39 is 0 Å². The average Bonchev–Trinajstić information content (AvgIpc) is 2.37. The normalized spacial score (nSPS) is 17.6. The van der Waals surface area contributed by atoms with Gasteiger partial charge in [0.25, 0.3) is 0 Å². The molecule has 0 aromatic carbocycles. The molecule has 0 bridgehead atoms. The third-order valence-electron chi connectivity index (χ3n) is 4.96. The summed E-state index contributed by atoms with van der Waals surface area (Å²) < 4.78 is 0. The lowest BCUT2D eigenvalue weighted by molar-refractivity contribution is -0.120. The standard InChI is InChI=1S/C19H36O/c1-16(2)9-8-13-19(3,4)14-12-18(20)15-17-10-6-5-7-11-17/h16-17H,5-15H2,1-4H3. The summed E-state index contributed by atoms with van der Waals surface area (Å²) in [5.41, 5.74) is 0.344. The molecule has 0 radical (unpaired) electrons. The minimum Gasteiger partial charge on any atom is -0.300 e. The number of rotatable bonds is 9. The average molecular weight is 280 g/mol. The highest BCUT2D eigenvalue weighted by molar-refractivity contribution is 5.78. The quantitative estimate of drug-likeness (QED) is 0.494. The van der Waals surface area contributed by atoms with Gasteiger partial charge in [0.1, 0.15) is 5.78 Å². The Balaban J connectivity index is 2.17. The van der Waals surface area contributed by atoms with Crippen molar-refractivity contribution in [2.45, 2.75) is 98.3 Å². The zero-order valence-electron chi connectivity index (χ0n) is 14.3. The molecule has 0 spiro atoms. The molecule has 0 saturated heterocycles. The van der Waals surface area contributed by atoms with E-state index in [1.165, 1.54) is 51.4 Å². The highest BCUT2D eigenvalue weighted by atomic mass is 16.1. The van der Waals surface area contributed by atoms with Crippen molar-refractivity contribution in [3.63, 3.8) is 0 Å². The first-order chi connectivity index (χ1) is 9.39. The largest absolute Gasteiger partial charge is 0.300 e. The van der Waals surface area contributed by atoms with Crippen molar-refractivity contribution in [2.24, 2.45) is 17.3 Å². The molecular weight excluding hydrogens is 244 g/mol. The van der Waals surface area contributed by atoms with Crippen LogP contribution in [-0.2, 0) is 4.79 Å². The fourth-order valence-corrected chi connectivity index (χ4v) is 3.41. The van der Waals surface area contributed by atoms with Crippen molar-refractivity contribution in [3.05, 3.63) is 0 Å². The molecule has 1 nitrogen and oxygen atoms in total. The molecule has 1 heteroatoms. The summed E-state index contributed by atoms with van der Waals surface area (Å²) in [6.45, 7) is 9.25. The van der Waals surface area contributed by atoms with E-state index >= 15 is 0 Å². The number of hydrogen-bond donors (Lipinski definition) is 0. The molecule has 1 aliphatic rings. The lowest BCUT2D eigenvalue weighted by Gasteiger charge is -2.25. The Hall–Kier alpha value is -0.330. The first kappa shape index (κ1) is 17.7. The van der Waals surface area contributed by atoms with Crippen LogP contribution in [0, 0.1) is 17.3 Å². The fourth-order valence-electron chi connectivity index (χ4n) is 3.41. The molecule has 118 valence electrons. The van der Waals surface area contributed by atoms with Crippen LogP contribution < -0.4 is 0 Å². The third-order valence-corrected chi connectivity index (χ3v) is 4.96. The number of carbonyl (C=O) groups is 1. The number of ketones is 1. The van der Waals surface area contributed by atoms with Gasteiger partial charge in [-0.25, -0.2) is 0 Å². The van der Waals surface area contributed by atoms with Gasteiger partial charge in [-0.15, -0.1) is 0 Å². The van der Waals surface area contributed by atoms with Crippen LogP contribution in [0.25, 0.3) is 0 Å². The maximum atomic E-state index is 12.1. The zero-order valence-corrected chi connectivity index (χ0v) is 14.3. The van der Waals surface area contributed by atoms with Crippen molar-refractivity contribution in [3.8, 4) is 0 Å². The number of hydrogen-bond acceptors (Lipinski definition) is 1. The molecule has 0 aliphatic heterocycles. The molecule has 0 aromatic heterocycles. The molecule has 0 amide bonds. The summed E-state index contributed by atoms with van der Waals surface area (Å²) in [6.07, 6.45) is 13.3. The van der Waals surface area contributed by atoms with Crippen molar-refractivity contribution in [2.75, 3.05) is 0 Å². The molecule has 20 heavy (non-hydrogen) atoms. The Kier molecular flexibility index (Phi) is 7.84. The van der Waals surface area contributed by atoms with Crippen LogP contribution in [0.2, 0.25) is 0 Å². The van der Waals surface area contributed by atoms with Crippen LogP contribution in [0.3, 0.4) is 0 Å². The van der Waals surface area contributed by atoms with Crippen LogP contribution in [0.1, 0.15) is 98.3 Å². The number of carbonyl (C=O) groups excluding carboxylic acids is 1. The van der Waals surface area contributed by atoms with Gasteiger partial charge in [-0.1, -0.05) is 72.6 Å². The molecule has 0 unspecified atom stereocenters. The molecule has 1 fully saturated rings. The van der Waals surface area contributed by atoms with Crippen molar-refractivity contribution in [1.82, 2.24) is 0 Å². The van der Waals surface area contributed by atoms with Crippen molar-refractivity contribution in [1.29, 1.82) is 0 Å². The van der Waals surface area contributed by atoms with Gasteiger partial charge in [-0.3, -0.25) is 4.79 Å². The van der Waals surface area contributed by atoms with Gasteiger partial charge in [0, 0.05) is 12.8 Å². The second-order valence-corrected chi connectivity index (χ2v) is 8.20. The van der Waals surface area contributed by atoms with E-state index in [1.54, 1.807) is 0 Å². The smallest absolute Gasteiger partial charge is 0.133 e. The molecular formula is C19H36O. The summed E-state index contributed by atoms with van der Waals surface area (Å²) >= 11 is 0. The van der Waals surface area contributed by atoms with E-state index in [1.807, 2.05) is 0 Å². The summed E-state index contributed by atoms with van der Waals surface area (Å²) in [5, 5.41) is 0. The van der Waals surface area contributed by atoms with Crippen molar-refractivity contribution >= 4 is 5.78 Å². The first-order valence-electron chi connectivity index (χ1n) is 8.91. The molecule has 0 atom stereocenters. The van der Waals surface area contributed by atoms with Gasteiger partial charge >= 0.3 is 0 Å². The Morgan fingerprint density at radius 2 is 1.75 bits per heavy atom. The molecule has 0 heterocycles. The van der Waals surface area contributed by atoms with Crippen molar-refractivity contribution < 1.29 is 4.79 Å². The molecule has 0 aromatic rings. The Labute approximate surface area is 126 Å². The van der Waals surface area contributed by atoms with Gasteiger partial charge in [0.15, 0.2) is 0 Å². The Bertz CT molecular complexity index is 271. The topological polar surface area (TPSA) is 17.1 Å². The molecule has 0 N–H and O–H groups in total. The zero-order chi connectivity index (χ0) is 15.0. The molecule has 1 rings (SSSR count). The first-order valence-corrected chi connectivity index (χ1v) is 8.91. The highest BCUT2D eigenvalue weighted by Crippen LogP contribution is 2.31. The van der Waals surface area contributed by atoms with Gasteiger partial charge in [-0.05, 0) is 30.1 Å². The summed E-state index contributed by atoms with van der Waals surface area (Å²) in [7, 11) is 0. The monoisotopic (exact) mass is 280 g/mol. The number of Topliss-reactive ketones (excluding diaryl/α,β-unsaturated/α-hetero) is 1. The maximum Gasteiger partial charge on any atom is 0.133 e. The third kappa shape index (κ3) is 8.07. The maximum absolute atomic E-state index is 12.1. The summed E-state index contributed by atoms with van der Waals surface area (Å²) in [4.78, 5) is 12.1. The molecule has 1 aliphatic carbocycles. The van der Waals surface area contributed by atoms with Crippen LogP contribution in [0.4, 0.5) is 0 Å². The summed E-state index contributed by atoms with van der Waals surface area (Å²) in [5.74, 6) is 2.04. The predicted octanol–water partition coefficient (Wildman–Crippen LogP) is 6.16. The van der Waals surface area contributed by atoms with E-state index in [0.717, 1.165) is 25.2 Å². The van der Waals surface area contributed by atoms with Gasteiger partial charge in [-0.2, -0.15) is 0 Å². The van der Waals surface area contributed by atoms with E-state index in [-0.39, 0.29) is 0 Å². The van der Waals surface area contributed by atoms with E-state index in [0.29, 0.717) is 17.1 Å². The second-order valence-electron chi connectivity index (χ2n) is 8.20. The lowest BCUT2D eigenvalue weighted by Crippen LogP contribution is -2.16. The highest BCUT2D eigenvalue weighted by Gasteiger charge is 2.21. The van der Waals surface area contributed by atoms with Crippen LogP contribution in [-0.4, -0.2) is 5.78 Å². The lowest BCUT2D eigenvalue weighted by atomic mass is 9.80. The van der Waals surface area contributed by atoms with Gasteiger partial charge in [0.2, 0.25) is 0 Å². The second kappa shape index (κ2) is 8.85.